The van der Waals surface area contributed by atoms with Crippen molar-refractivity contribution in [3.8, 4) is 23.1 Å². The van der Waals surface area contributed by atoms with Gasteiger partial charge in [0, 0.05) is 25.2 Å². The van der Waals surface area contributed by atoms with Crippen molar-refractivity contribution < 1.29 is 13.9 Å². The fraction of sp³-hybridized carbons (Fsp3) is 0.476. The number of halogens is 1. The minimum Gasteiger partial charge on any atom is -0.492 e. The van der Waals surface area contributed by atoms with Crippen LogP contribution in [-0.2, 0) is 4.74 Å². The zero-order chi connectivity index (χ0) is 21.0. The Bertz CT molecular complexity index is 913. The van der Waals surface area contributed by atoms with Gasteiger partial charge in [-0.05, 0) is 25.0 Å². The molecule has 0 radical (unpaired) electrons. The van der Waals surface area contributed by atoms with Crippen molar-refractivity contribution >= 4 is 11.8 Å². The lowest BCUT2D eigenvalue weighted by Crippen LogP contribution is -2.48. The summed E-state index contributed by atoms with van der Waals surface area (Å²) in [6, 6.07) is 6.86. The van der Waals surface area contributed by atoms with E-state index in [2.05, 4.69) is 34.0 Å². The van der Waals surface area contributed by atoms with Gasteiger partial charge in [-0.3, -0.25) is 0 Å². The first-order valence-corrected chi connectivity index (χ1v) is 9.76. The van der Waals surface area contributed by atoms with Crippen LogP contribution in [0.25, 0.3) is 11.3 Å². The fourth-order valence-corrected chi connectivity index (χ4v) is 3.41. The molecule has 0 spiro atoms. The maximum absolute atomic E-state index is 14.5. The number of morpholine rings is 1. The molecule has 3 rings (SSSR count). The number of aromatic nitrogens is 2. The van der Waals surface area contributed by atoms with Gasteiger partial charge in [-0.2, -0.15) is 10.2 Å². The third-order valence-electron chi connectivity index (χ3n) is 4.93. The molecule has 1 aliphatic heterocycles. The number of anilines is 2. The minimum absolute atomic E-state index is 0.105. The highest BCUT2D eigenvalue weighted by atomic mass is 19.1. The predicted molar refractivity (Wildman–Crippen MR) is 110 cm³/mol. The Labute approximate surface area is 170 Å². The average Bonchev–Trinajstić information content (AvgIpc) is 2.73. The Kier molecular flexibility index (Phi) is 6.49. The molecule has 154 valence electrons. The lowest BCUT2D eigenvalue weighted by atomic mass is 10.0. The summed E-state index contributed by atoms with van der Waals surface area (Å²) in [5.41, 5.74) is 0.976. The number of nitrogens with one attached hydrogen (secondary N) is 1. The van der Waals surface area contributed by atoms with E-state index < -0.39 is 5.82 Å². The van der Waals surface area contributed by atoms with Gasteiger partial charge in [-0.1, -0.05) is 13.8 Å². The molecule has 7 nitrogen and oxygen atoms in total. The topological polar surface area (TPSA) is 83.3 Å². The third kappa shape index (κ3) is 4.40. The van der Waals surface area contributed by atoms with Crippen molar-refractivity contribution in [3.63, 3.8) is 0 Å². The maximum atomic E-state index is 14.5. The van der Waals surface area contributed by atoms with E-state index in [1.54, 1.807) is 20.0 Å². The Morgan fingerprint density at radius 3 is 2.83 bits per heavy atom. The van der Waals surface area contributed by atoms with Crippen molar-refractivity contribution in [1.82, 2.24) is 9.97 Å². The van der Waals surface area contributed by atoms with E-state index >= 15 is 0 Å². The molecule has 2 heterocycles. The van der Waals surface area contributed by atoms with E-state index in [0.717, 1.165) is 5.82 Å². The highest BCUT2D eigenvalue weighted by molar-refractivity contribution is 5.68. The zero-order valence-electron chi connectivity index (χ0n) is 17.2. The highest BCUT2D eigenvalue weighted by Crippen LogP contribution is 2.32. The van der Waals surface area contributed by atoms with Gasteiger partial charge in [0.1, 0.15) is 29.0 Å². The summed E-state index contributed by atoms with van der Waals surface area (Å²) in [6.07, 6.45) is 0. The van der Waals surface area contributed by atoms with E-state index in [1.807, 2.05) is 12.1 Å². The molecular weight excluding hydrogens is 373 g/mol. The van der Waals surface area contributed by atoms with Crippen LogP contribution in [0.5, 0.6) is 5.75 Å². The predicted octanol–water partition coefficient (Wildman–Crippen LogP) is 3.46. The van der Waals surface area contributed by atoms with Crippen LogP contribution in [0, 0.1) is 23.1 Å². The van der Waals surface area contributed by atoms with Gasteiger partial charge < -0.3 is 19.7 Å². The standard InChI is InChI=1S/C21H26FN5O2/c1-5-29-19-9-14(8-16(22)15(19)11-23)17-10-20(26-21(24-4)25-17)27-6-7-28-12-18(27)13(2)3/h8-10,13,18H,5-7,12H2,1-4H3,(H,24,25,26). The van der Waals surface area contributed by atoms with Crippen LogP contribution in [0.3, 0.4) is 0 Å². The summed E-state index contributed by atoms with van der Waals surface area (Å²) >= 11 is 0. The van der Waals surface area contributed by atoms with Crippen molar-refractivity contribution in [1.29, 1.82) is 5.26 Å². The number of hydrogen-bond acceptors (Lipinski definition) is 7. The first-order valence-electron chi connectivity index (χ1n) is 9.76. The smallest absolute Gasteiger partial charge is 0.224 e. The monoisotopic (exact) mass is 399 g/mol. The van der Waals surface area contributed by atoms with Crippen molar-refractivity contribution in [2.75, 3.05) is 43.6 Å². The molecule has 29 heavy (non-hydrogen) atoms. The van der Waals surface area contributed by atoms with Gasteiger partial charge in [0.2, 0.25) is 5.95 Å². The van der Waals surface area contributed by atoms with Crippen LogP contribution in [0.1, 0.15) is 26.3 Å². The van der Waals surface area contributed by atoms with Gasteiger partial charge in [-0.25, -0.2) is 9.37 Å². The normalized spacial score (nSPS) is 16.6. The van der Waals surface area contributed by atoms with Crippen LogP contribution in [0.15, 0.2) is 18.2 Å². The number of benzene rings is 1. The number of ether oxygens (including phenoxy) is 2. The van der Waals surface area contributed by atoms with Crippen molar-refractivity contribution in [2.24, 2.45) is 5.92 Å². The second-order valence-electron chi connectivity index (χ2n) is 7.14. The summed E-state index contributed by atoms with van der Waals surface area (Å²) in [4.78, 5) is 11.3. The zero-order valence-corrected chi connectivity index (χ0v) is 17.2. The molecule has 0 amide bonds. The molecule has 0 aliphatic carbocycles. The van der Waals surface area contributed by atoms with Crippen molar-refractivity contribution in [2.45, 2.75) is 26.8 Å². The highest BCUT2D eigenvalue weighted by Gasteiger charge is 2.28. The SMILES string of the molecule is CCOc1cc(-c2cc(N3CCOCC3C(C)C)nc(NC)n2)cc(F)c1C#N. The Morgan fingerprint density at radius 2 is 2.17 bits per heavy atom. The summed E-state index contributed by atoms with van der Waals surface area (Å²) in [6.45, 7) is 8.39. The van der Waals surface area contributed by atoms with Crippen LogP contribution in [0.2, 0.25) is 0 Å². The van der Waals surface area contributed by atoms with Crippen LogP contribution in [0.4, 0.5) is 16.2 Å². The number of nitriles is 1. The van der Waals surface area contributed by atoms with Crippen molar-refractivity contribution in [3.05, 3.63) is 29.6 Å². The van der Waals surface area contributed by atoms with Crippen LogP contribution in [-0.4, -0.2) is 49.4 Å². The molecule has 1 atom stereocenters. The Morgan fingerprint density at radius 1 is 1.38 bits per heavy atom. The van der Waals surface area contributed by atoms with Gasteiger partial charge in [0.05, 0.1) is 31.6 Å². The Balaban J connectivity index is 2.09. The molecule has 0 bridgehead atoms. The molecular formula is C21H26FN5O2. The fourth-order valence-electron chi connectivity index (χ4n) is 3.41. The minimum atomic E-state index is -0.633. The lowest BCUT2D eigenvalue weighted by molar-refractivity contribution is 0.0802. The molecule has 1 aliphatic rings. The van der Waals surface area contributed by atoms with E-state index in [-0.39, 0.29) is 17.4 Å². The molecule has 1 aromatic carbocycles. The number of nitrogens with zero attached hydrogens (tertiary/aromatic N) is 4. The van der Waals surface area contributed by atoms with Gasteiger partial charge in [0.25, 0.3) is 0 Å². The summed E-state index contributed by atoms with van der Waals surface area (Å²) in [5, 5.41) is 12.2. The molecule has 2 aromatic rings. The molecule has 8 heteroatoms. The third-order valence-corrected chi connectivity index (χ3v) is 4.93. The number of rotatable bonds is 6. The second-order valence-corrected chi connectivity index (χ2v) is 7.14. The molecule has 0 saturated carbocycles. The lowest BCUT2D eigenvalue weighted by Gasteiger charge is -2.39. The van der Waals surface area contributed by atoms with Crippen LogP contribution < -0.4 is 15.0 Å². The largest absolute Gasteiger partial charge is 0.492 e. The summed E-state index contributed by atoms with van der Waals surface area (Å²) in [7, 11) is 1.74. The number of hydrogen-bond donors (Lipinski definition) is 1. The van der Waals surface area contributed by atoms with E-state index in [1.165, 1.54) is 6.07 Å². The van der Waals surface area contributed by atoms with Gasteiger partial charge in [-0.15, -0.1) is 0 Å². The first-order chi connectivity index (χ1) is 14.0. The average molecular weight is 399 g/mol. The molecule has 1 unspecified atom stereocenters. The summed E-state index contributed by atoms with van der Waals surface area (Å²) < 4.78 is 25.7. The maximum Gasteiger partial charge on any atom is 0.224 e. The molecule has 1 aromatic heterocycles. The second kappa shape index (κ2) is 9.05. The van der Waals surface area contributed by atoms with E-state index in [0.29, 0.717) is 49.5 Å². The molecule has 1 fully saturated rings. The van der Waals surface area contributed by atoms with Crippen LogP contribution >= 0.6 is 0 Å². The summed E-state index contributed by atoms with van der Waals surface area (Å²) in [5.74, 6) is 1.15. The molecule has 1 N–H and O–H groups in total. The molecule has 1 saturated heterocycles. The van der Waals surface area contributed by atoms with Gasteiger partial charge >= 0.3 is 0 Å². The van der Waals surface area contributed by atoms with E-state index in [9.17, 15) is 9.65 Å². The van der Waals surface area contributed by atoms with Gasteiger partial charge in [0.15, 0.2) is 0 Å². The van der Waals surface area contributed by atoms with E-state index in [4.69, 9.17) is 9.47 Å². The Hall–Kier alpha value is -2.92. The quantitative estimate of drug-likeness (QED) is 0.796. The first kappa shape index (κ1) is 20.8.